The first-order valence-corrected chi connectivity index (χ1v) is 7.01. The largest absolute Gasteiger partial charge is 0.388 e. The summed E-state index contributed by atoms with van der Waals surface area (Å²) in [6, 6.07) is 16.4. The zero-order valence-electron chi connectivity index (χ0n) is 12.4. The Bertz CT molecular complexity index is 573. The van der Waals surface area contributed by atoms with Crippen LogP contribution in [0.1, 0.15) is 29.7 Å². The Labute approximate surface area is 125 Å². The summed E-state index contributed by atoms with van der Waals surface area (Å²) in [5, 5.41) is 11.9. The van der Waals surface area contributed by atoms with Gasteiger partial charge in [0.1, 0.15) is 6.79 Å². The van der Waals surface area contributed by atoms with E-state index in [4.69, 9.17) is 9.84 Å². The normalized spacial score (nSPS) is 12.5. The smallest absolute Gasteiger partial charge is 0.144 e. The Kier molecular flexibility index (Phi) is 5.55. The van der Waals surface area contributed by atoms with Crippen molar-refractivity contribution < 1.29 is 9.84 Å². The molecule has 0 saturated heterocycles. The lowest BCUT2D eigenvalue weighted by atomic mass is 10.1. The molecule has 0 bridgehead atoms. The molecule has 0 heterocycles. The first kappa shape index (κ1) is 15.3. The number of hydrogen-bond acceptors (Lipinski definition) is 3. The van der Waals surface area contributed by atoms with Gasteiger partial charge in [-0.2, -0.15) is 0 Å². The Hall–Kier alpha value is -2.10. The molecule has 0 aliphatic carbocycles. The highest BCUT2D eigenvalue weighted by Crippen LogP contribution is 2.18. The van der Waals surface area contributed by atoms with E-state index < -0.39 is 0 Å². The molecule has 3 heteroatoms. The molecule has 1 atom stereocenters. The number of aliphatic hydroxyl groups is 1. The van der Waals surface area contributed by atoms with Crippen molar-refractivity contribution in [2.45, 2.75) is 13.0 Å². The van der Waals surface area contributed by atoms with E-state index in [2.05, 4.69) is 41.7 Å². The van der Waals surface area contributed by atoms with Crippen LogP contribution in [0.4, 0.5) is 5.69 Å². The van der Waals surface area contributed by atoms with Crippen LogP contribution < -0.4 is 5.32 Å². The van der Waals surface area contributed by atoms with Gasteiger partial charge in [-0.25, -0.2) is 0 Å². The average Bonchev–Trinajstić information content (AvgIpc) is 2.54. The first-order chi connectivity index (χ1) is 10.2. The molecule has 0 aliphatic rings. The molecular formula is C18H21NO2. The Morgan fingerprint density at radius 2 is 1.52 bits per heavy atom. The number of anilines is 1. The fourth-order valence-electron chi connectivity index (χ4n) is 2.04. The van der Waals surface area contributed by atoms with Gasteiger partial charge in [-0.05, 0) is 35.7 Å². The SMILES string of the molecule is CNc1ccc(/C=C/c2ccc(C(C)OCO)cc2)cc1. The van der Waals surface area contributed by atoms with Crippen LogP contribution in [-0.4, -0.2) is 18.9 Å². The number of aliphatic hydroxyl groups excluding tert-OH is 1. The van der Waals surface area contributed by atoms with Crippen LogP contribution in [0, 0.1) is 0 Å². The lowest BCUT2D eigenvalue weighted by Gasteiger charge is -2.11. The predicted molar refractivity (Wildman–Crippen MR) is 87.9 cm³/mol. The molecule has 0 fully saturated rings. The fourth-order valence-corrected chi connectivity index (χ4v) is 2.04. The van der Waals surface area contributed by atoms with Crippen molar-refractivity contribution in [1.29, 1.82) is 0 Å². The minimum absolute atomic E-state index is 0.0953. The molecule has 0 radical (unpaired) electrons. The van der Waals surface area contributed by atoms with E-state index in [1.807, 2.05) is 38.2 Å². The number of ether oxygens (including phenoxy) is 1. The summed E-state index contributed by atoms with van der Waals surface area (Å²) in [4.78, 5) is 0. The van der Waals surface area contributed by atoms with Crippen LogP contribution in [-0.2, 0) is 4.74 Å². The minimum Gasteiger partial charge on any atom is -0.388 e. The van der Waals surface area contributed by atoms with E-state index in [9.17, 15) is 0 Å². The van der Waals surface area contributed by atoms with Crippen molar-refractivity contribution in [3.63, 3.8) is 0 Å². The monoisotopic (exact) mass is 283 g/mol. The highest BCUT2D eigenvalue weighted by Gasteiger charge is 2.03. The number of rotatable bonds is 6. The van der Waals surface area contributed by atoms with Gasteiger partial charge < -0.3 is 15.2 Å². The van der Waals surface area contributed by atoms with Gasteiger partial charge >= 0.3 is 0 Å². The van der Waals surface area contributed by atoms with E-state index >= 15 is 0 Å². The molecule has 0 aromatic heterocycles. The Balaban J connectivity index is 2.03. The second-order valence-corrected chi connectivity index (χ2v) is 4.81. The van der Waals surface area contributed by atoms with Crippen LogP contribution in [0.25, 0.3) is 12.2 Å². The summed E-state index contributed by atoms with van der Waals surface area (Å²) in [5.74, 6) is 0. The highest BCUT2D eigenvalue weighted by molar-refractivity contribution is 5.70. The van der Waals surface area contributed by atoms with Crippen LogP contribution in [0.5, 0.6) is 0 Å². The zero-order chi connectivity index (χ0) is 15.1. The van der Waals surface area contributed by atoms with Gasteiger partial charge in [0.25, 0.3) is 0 Å². The third kappa shape index (κ3) is 4.45. The predicted octanol–water partition coefficient (Wildman–Crippen LogP) is 3.93. The highest BCUT2D eigenvalue weighted by atomic mass is 16.6. The molecule has 21 heavy (non-hydrogen) atoms. The van der Waals surface area contributed by atoms with Crippen molar-refractivity contribution in [3.8, 4) is 0 Å². The summed E-state index contributed by atoms with van der Waals surface area (Å²) in [6.45, 7) is 1.66. The summed E-state index contributed by atoms with van der Waals surface area (Å²) in [6.07, 6.45) is 4.07. The second kappa shape index (κ2) is 7.62. The third-order valence-electron chi connectivity index (χ3n) is 3.40. The quantitative estimate of drug-likeness (QED) is 0.623. The van der Waals surface area contributed by atoms with Crippen molar-refractivity contribution in [2.75, 3.05) is 19.2 Å². The maximum atomic E-state index is 8.76. The van der Waals surface area contributed by atoms with Gasteiger partial charge in [0, 0.05) is 12.7 Å². The van der Waals surface area contributed by atoms with E-state index in [0.717, 1.165) is 22.4 Å². The molecule has 0 spiro atoms. The average molecular weight is 283 g/mol. The molecule has 2 aromatic carbocycles. The maximum Gasteiger partial charge on any atom is 0.144 e. The van der Waals surface area contributed by atoms with E-state index in [0.29, 0.717) is 0 Å². The zero-order valence-corrected chi connectivity index (χ0v) is 12.4. The summed E-state index contributed by atoms with van der Waals surface area (Å²) < 4.78 is 5.15. The van der Waals surface area contributed by atoms with Gasteiger partial charge in [-0.15, -0.1) is 0 Å². The standard InChI is InChI=1S/C18H21NO2/c1-14(21-13-20)17-9-5-15(6-10-17)3-4-16-7-11-18(19-2)12-8-16/h3-12,14,19-20H,13H2,1-2H3/b4-3+. The van der Waals surface area contributed by atoms with Crippen molar-refractivity contribution in [1.82, 2.24) is 0 Å². The molecular weight excluding hydrogens is 262 g/mol. The Morgan fingerprint density at radius 1 is 1.00 bits per heavy atom. The van der Waals surface area contributed by atoms with Gasteiger partial charge in [-0.1, -0.05) is 48.6 Å². The second-order valence-electron chi connectivity index (χ2n) is 4.81. The molecule has 2 aromatic rings. The summed E-state index contributed by atoms with van der Waals surface area (Å²) in [7, 11) is 1.91. The van der Waals surface area contributed by atoms with Crippen molar-refractivity contribution in [2.24, 2.45) is 0 Å². The van der Waals surface area contributed by atoms with Gasteiger partial charge in [0.15, 0.2) is 0 Å². The number of benzene rings is 2. The molecule has 0 saturated carbocycles. The maximum absolute atomic E-state index is 8.76. The molecule has 110 valence electrons. The number of nitrogens with one attached hydrogen (secondary N) is 1. The lowest BCUT2D eigenvalue weighted by molar-refractivity contribution is -0.0437. The van der Waals surface area contributed by atoms with Gasteiger partial charge in [0.05, 0.1) is 6.10 Å². The van der Waals surface area contributed by atoms with E-state index in [1.165, 1.54) is 0 Å². The van der Waals surface area contributed by atoms with E-state index in [1.54, 1.807) is 0 Å². The Morgan fingerprint density at radius 3 is 2.00 bits per heavy atom. The van der Waals surface area contributed by atoms with Crippen molar-refractivity contribution >= 4 is 17.8 Å². The van der Waals surface area contributed by atoms with Crippen LogP contribution in [0.3, 0.4) is 0 Å². The summed E-state index contributed by atoms with van der Waals surface area (Å²) >= 11 is 0. The molecule has 0 aliphatic heterocycles. The van der Waals surface area contributed by atoms with Crippen LogP contribution in [0.15, 0.2) is 48.5 Å². The minimum atomic E-state index is -0.258. The lowest BCUT2D eigenvalue weighted by Crippen LogP contribution is -2.00. The molecule has 1 unspecified atom stereocenters. The molecule has 3 nitrogen and oxygen atoms in total. The molecule has 0 amide bonds. The van der Waals surface area contributed by atoms with Crippen LogP contribution in [0.2, 0.25) is 0 Å². The fraction of sp³-hybridized carbons (Fsp3) is 0.222. The number of hydrogen-bond donors (Lipinski definition) is 2. The van der Waals surface area contributed by atoms with Crippen LogP contribution >= 0.6 is 0 Å². The molecule has 2 rings (SSSR count). The van der Waals surface area contributed by atoms with Crippen molar-refractivity contribution in [3.05, 3.63) is 65.2 Å². The van der Waals surface area contributed by atoms with Gasteiger partial charge in [-0.3, -0.25) is 0 Å². The van der Waals surface area contributed by atoms with Gasteiger partial charge in [0.2, 0.25) is 0 Å². The molecule has 2 N–H and O–H groups in total. The third-order valence-corrected chi connectivity index (χ3v) is 3.40. The topological polar surface area (TPSA) is 41.5 Å². The summed E-state index contributed by atoms with van der Waals surface area (Å²) in [5.41, 5.74) is 4.46. The first-order valence-electron chi connectivity index (χ1n) is 7.01. The van der Waals surface area contributed by atoms with E-state index in [-0.39, 0.29) is 12.9 Å².